The number of carbonyl (C=O) groups excluding carboxylic acids is 1. The first kappa shape index (κ1) is 20.1. The van der Waals surface area contributed by atoms with Gasteiger partial charge in [0, 0.05) is 28.7 Å². The molecule has 1 aromatic carbocycles. The SMILES string of the molecule is CC(C)CS(=O)(CC(C)C)=NC(=O)c1ccc2nn(-c3cncnc3)cc2c1. The Morgan fingerprint density at radius 3 is 2.36 bits per heavy atom. The highest BCUT2D eigenvalue weighted by atomic mass is 32.2. The van der Waals surface area contributed by atoms with E-state index in [0.717, 1.165) is 16.6 Å². The van der Waals surface area contributed by atoms with Crippen LogP contribution in [0.5, 0.6) is 0 Å². The monoisotopic (exact) mass is 399 g/mol. The molecule has 0 atom stereocenters. The minimum atomic E-state index is -2.59. The fourth-order valence-electron chi connectivity index (χ4n) is 3.09. The number of aromatic nitrogens is 4. The topological polar surface area (TPSA) is 90.1 Å². The van der Waals surface area contributed by atoms with E-state index in [1.165, 1.54) is 6.33 Å². The maximum atomic E-state index is 13.2. The van der Waals surface area contributed by atoms with Gasteiger partial charge in [0.1, 0.15) is 12.0 Å². The molecule has 0 saturated carbocycles. The second-order valence-electron chi connectivity index (χ2n) is 7.73. The molecule has 1 amide bonds. The zero-order chi connectivity index (χ0) is 20.3. The Bertz CT molecular complexity index is 1080. The highest BCUT2D eigenvalue weighted by molar-refractivity contribution is 7.93. The average Bonchev–Trinajstić information content (AvgIpc) is 3.03. The molecule has 0 aliphatic rings. The molecule has 0 spiro atoms. The van der Waals surface area contributed by atoms with Crippen LogP contribution in [-0.2, 0) is 9.73 Å². The molecule has 0 aliphatic heterocycles. The molecule has 7 nitrogen and oxygen atoms in total. The van der Waals surface area contributed by atoms with Gasteiger partial charge in [-0.2, -0.15) is 9.46 Å². The summed E-state index contributed by atoms with van der Waals surface area (Å²) in [7, 11) is -2.59. The molecule has 2 aromatic heterocycles. The molecule has 8 heteroatoms. The maximum absolute atomic E-state index is 13.2. The van der Waals surface area contributed by atoms with Crippen LogP contribution in [0.15, 0.2) is 47.5 Å². The van der Waals surface area contributed by atoms with Crippen LogP contribution in [0.2, 0.25) is 0 Å². The van der Waals surface area contributed by atoms with Gasteiger partial charge in [-0.25, -0.2) is 18.9 Å². The number of hydrogen-bond donors (Lipinski definition) is 0. The molecule has 0 aliphatic carbocycles. The zero-order valence-electron chi connectivity index (χ0n) is 16.6. The van der Waals surface area contributed by atoms with Gasteiger partial charge in [0.2, 0.25) is 0 Å². The second-order valence-corrected chi connectivity index (χ2v) is 10.1. The Morgan fingerprint density at radius 1 is 1.11 bits per heavy atom. The van der Waals surface area contributed by atoms with E-state index in [0.29, 0.717) is 17.1 Å². The molecule has 148 valence electrons. The molecule has 28 heavy (non-hydrogen) atoms. The lowest BCUT2D eigenvalue weighted by molar-refractivity contribution is 0.100. The van der Waals surface area contributed by atoms with Crippen LogP contribution in [0, 0.1) is 11.8 Å². The van der Waals surface area contributed by atoms with E-state index in [1.54, 1.807) is 35.3 Å². The third-order valence-electron chi connectivity index (χ3n) is 4.00. The van der Waals surface area contributed by atoms with Crippen molar-refractivity contribution in [3.8, 4) is 5.69 Å². The predicted molar refractivity (Wildman–Crippen MR) is 111 cm³/mol. The van der Waals surface area contributed by atoms with E-state index in [-0.39, 0.29) is 11.8 Å². The summed E-state index contributed by atoms with van der Waals surface area (Å²) >= 11 is 0. The summed E-state index contributed by atoms with van der Waals surface area (Å²) in [5, 5.41) is 5.27. The molecule has 0 unspecified atom stereocenters. The van der Waals surface area contributed by atoms with E-state index in [2.05, 4.69) is 19.4 Å². The van der Waals surface area contributed by atoms with Gasteiger partial charge >= 0.3 is 0 Å². The molecule has 2 heterocycles. The number of benzene rings is 1. The molecule has 0 radical (unpaired) electrons. The van der Waals surface area contributed by atoms with Crippen molar-refractivity contribution in [1.82, 2.24) is 19.7 Å². The lowest BCUT2D eigenvalue weighted by Gasteiger charge is -2.14. The van der Waals surface area contributed by atoms with Crippen molar-refractivity contribution in [2.75, 3.05) is 11.5 Å². The summed E-state index contributed by atoms with van der Waals surface area (Å²) in [6.07, 6.45) is 6.58. The summed E-state index contributed by atoms with van der Waals surface area (Å²) in [4.78, 5) is 20.7. The standard InChI is InChI=1S/C20H25N5O2S/c1-14(2)11-28(27,12-15(3)4)24-20(26)16-5-6-19-17(7-16)10-25(23-19)18-8-21-13-22-9-18/h5-10,13-15H,11-12H2,1-4H3. The Hall–Kier alpha value is -2.61. The maximum Gasteiger partial charge on any atom is 0.285 e. The number of rotatable bonds is 6. The van der Waals surface area contributed by atoms with Gasteiger partial charge in [-0.05, 0) is 30.0 Å². The summed E-state index contributed by atoms with van der Waals surface area (Å²) in [5.74, 6) is 0.813. The number of carbonyl (C=O) groups is 1. The molecule has 0 saturated heterocycles. The van der Waals surface area contributed by atoms with Gasteiger partial charge < -0.3 is 0 Å². The van der Waals surface area contributed by atoms with Crippen molar-refractivity contribution in [3.63, 3.8) is 0 Å². The van der Waals surface area contributed by atoms with Crippen LogP contribution in [0.3, 0.4) is 0 Å². The number of hydrogen-bond acceptors (Lipinski definition) is 5. The first-order valence-corrected chi connectivity index (χ1v) is 11.1. The molecular formula is C20H25N5O2S. The molecule has 0 fully saturated rings. The van der Waals surface area contributed by atoms with Gasteiger partial charge in [0.15, 0.2) is 0 Å². The number of fused-ring (bicyclic) bond motifs is 1. The lowest BCUT2D eigenvalue weighted by atomic mass is 10.1. The van der Waals surface area contributed by atoms with E-state index < -0.39 is 15.6 Å². The number of nitrogens with zero attached hydrogens (tertiary/aromatic N) is 5. The Balaban J connectivity index is 1.96. The van der Waals surface area contributed by atoms with Crippen molar-refractivity contribution < 1.29 is 9.00 Å². The minimum Gasteiger partial charge on any atom is -0.266 e. The van der Waals surface area contributed by atoms with Crippen molar-refractivity contribution >= 4 is 26.5 Å². The van der Waals surface area contributed by atoms with Crippen molar-refractivity contribution in [1.29, 1.82) is 0 Å². The zero-order valence-corrected chi connectivity index (χ0v) is 17.4. The fraction of sp³-hybridized carbons (Fsp3) is 0.400. The van der Waals surface area contributed by atoms with Gasteiger partial charge in [0.25, 0.3) is 5.91 Å². The van der Waals surface area contributed by atoms with Gasteiger partial charge in [-0.1, -0.05) is 27.7 Å². The van der Waals surface area contributed by atoms with Crippen LogP contribution in [-0.4, -0.2) is 41.4 Å². The Kier molecular flexibility index (Phi) is 5.88. The smallest absolute Gasteiger partial charge is 0.266 e. The number of amides is 1. The van der Waals surface area contributed by atoms with Crippen molar-refractivity contribution in [2.45, 2.75) is 27.7 Å². The highest BCUT2D eigenvalue weighted by Crippen LogP contribution is 2.19. The summed E-state index contributed by atoms with van der Waals surface area (Å²) in [6.45, 7) is 7.98. The molecule has 0 bridgehead atoms. The highest BCUT2D eigenvalue weighted by Gasteiger charge is 2.18. The van der Waals surface area contributed by atoms with E-state index >= 15 is 0 Å². The molecule has 3 rings (SSSR count). The minimum absolute atomic E-state index is 0.205. The third kappa shape index (κ3) is 4.81. The van der Waals surface area contributed by atoms with Crippen molar-refractivity contribution in [3.05, 3.63) is 48.7 Å². The van der Waals surface area contributed by atoms with E-state index in [4.69, 9.17) is 0 Å². The largest absolute Gasteiger partial charge is 0.285 e. The molecule has 0 N–H and O–H groups in total. The van der Waals surface area contributed by atoms with E-state index in [1.807, 2.05) is 33.9 Å². The summed E-state index contributed by atoms with van der Waals surface area (Å²) in [5.41, 5.74) is 1.88. The lowest BCUT2D eigenvalue weighted by Crippen LogP contribution is -2.20. The van der Waals surface area contributed by atoms with E-state index in [9.17, 15) is 9.00 Å². The van der Waals surface area contributed by atoms with Crippen LogP contribution >= 0.6 is 0 Å². The fourth-order valence-corrected chi connectivity index (χ4v) is 5.86. The summed E-state index contributed by atoms with van der Waals surface area (Å²) in [6, 6.07) is 5.18. The Labute approximate surface area is 165 Å². The molecule has 3 aromatic rings. The summed E-state index contributed by atoms with van der Waals surface area (Å²) < 4.78 is 19.1. The average molecular weight is 400 g/mol. The Morgan fingerprint density at radius 2 is 1.75 bits per heavy atom. The van der Waals surface area contributed by atoms with Crippen molar-refractivity contribution in [2.24, 2.45) is 16.2 Å². The first-order chi connectivity index (χ1) is 13.3. The van der Waals surface area contributed by atoms with Crippen LogP contribution < -0.4 is 0 Å². The first-order valence-electron chi connectivity index (χ1n) is 9.27. The van der Waals surface area contributed by atoms with Gasteiger partial charge in [-0.3, -0.25) is 4.79 Å². The predicted octanol–water partition coefficient (Wildman–Crippen LogP) is 3.74. The van der Waals surface area contributed by atoms with Crippen LogP contribution in [0.25, 0.3) is 16.6 Å². The van der Waals surface area contributed by atoms with Crippen LogP contribution in [0.1, 0.15) is 38.1 Å². The van der Waals surface area contributed by atoms with Gasteiger partial charge in [-0.15, -0.1) is 0 Å². The second kappa shape index (κ2) is 8.18. The quantitative estimate of drug-likeness (QED) is 0.630. The third-order valence-corrected chi connectivity index (χ3v) is 6.87. The van der Waals surface area contributed by atoms with Crippen LogP contribution in [0.4, 0.5) is 0 Å². The molecular weight excluding hydrogens is 374 g/mol. The normalized spacial score (nSPS) is 12.1. The van der Waals surface area contributed by atoms with Gasteiger partial charge in [0.05, 0.1) is 27.6 Å².